The first-order valence-corrected chi connectivity index (χ1v) is 9.90. The fourth-order valence-corrected chi connectivity index (χ4v) is 4.10. The molecule has 2 aliphatic rings. The second-order valence-electron chi connectivity index (χ2n) is 6.55. The van der Waals surface area contributed by atoms with Gasteiger partial charge in [0.1, 0.15) is 5.82 Å². The number of aromatic nitrogens is 2. The van der Waals surface area contributed by atoms with Gasteiger partial charge in [0.15, 0.2) is 0 Å². The molecule has 0 N–H and O–H groups in total. The van der Waals surface area contributed by atoms with E-state index in [-0.39, 0.29) is 5.91 Å². The van der Waals surface area contributed by atoms with E-state index in [1.165, 1.54) is 19.3 Å². The van der Waals surface area contributed by atoms with Gasteiger partial charge in [-0.2, -0.15) is 16.3 Å². The van der Waals surface area contributed by atoms with Gasteiger partial charge in [-0.05, 0) is 36.8 Å². The summed E-state index contributed by atoms with van der Waals surface area (Å²) in [6.07, 6.45) is 5.60. The molecule has 2 aromatic rings. The van der Waals surface area contributed by atoms with E-state index in [1.54, 1.807) is 11.3 Å². The SMILES string of the molecule is O=C(c1ccsc1)N1CCN(c2ccnc(N3CCCCC3)n2)CC1. The number of hydrogen-bond donors (Lipinski definition) is 0. The summed E-state index contributed by atoms with van der Waals surface area (Å²) in [5.41, 5.74) is 0.799. The number of amides is 1. The number of hydrogen-bond acceptors (Lipinski definition) is 6. The van der Waals surface area contributed by atoms with E-state index in [9.17, 15) is 4.79 Å². The van der Waals surface area contributed by atoms with Gasteiger partial charge in [-0.3, -0.25) is 4.79 Å². The molecule has 4 rings (SSSR count). The molecule has 6 nitrogen and oxygen atoms in total. The van der Waals surface area contributed by atoms with Crippen LogP contribution in [0, 0.1) is 0 Å². The fourth-order valence-electron chi connectivity index (χ4n) is 3.47. The van der Waals surface area contributed by atoms with Crippen molar-refractivity contribution in [1.29, 1.82) is 0 Å². The zero-order chi connectivity index (χ0) is 17.1. The van der Waals surface area contributed by atoms with Crippen LogP contribution in [0.2, 0.25) is 0 Å². The van der Waals surface area contributed by atoms with Crippen molar-refractivity contribution in [3.8, 4) is 0 Å². The van der Waals surface area contributed by atoms with Gasteiger partial charge in [-0.1, -0.05) is 0 Å². The summed E-state index contributed by atoms with van der Waals surface area (Å²) in [5, 5.41) is 3.87. The highest BCUT2D eigenvalue weighted by atomic mass is 32.1. The molecule has 1 amide bonds. The van der Waals surface area contributed by atoms with Gasteiger partial charge < -0.3 is 14.7 Å². The summed E-state index contributed by atoms with van der Waals surface area (Å²) in [6.45, 7) is 5.19. The van der Waals surface area contributed by atoms with Crippen molar-refractivity contribution in [2.24, 2.45) is 0 Å². The average molecular weight is 357 g/mol. The van der Waals surface area contributed by atoms with Crippen LogP contribution < -0.4 is 9.80 Å². The summed E-state index contributed by atoms with van der Waals surface area (Å²) >= 11 is 1.56. The lowest BCUT2D eigenvalue weighted by molar-refractivity contribution is 0.0747. The van der Waals surface area contributed by atoms with Crippen LogP contribution in [-0.4, -0.2) is 60.0 Å². The molecular formula is C18H23N5OS. The molecule has 0 spiro atoms. The first kappa shape index (κ1) is 16.3. The molecule has 0 aromatic carbocycles. The Kier molecular flexibility index (Phi) is 4.83. The molecule has 0 aliphatic carbocycles. The summed E-state index contributed by atoms with van der Waals surface area (Å²) in [5.74, 6) is 1.95. The van der Waals surface area contributed by atoms with Crippen LogP contribution in [0.3, 0.4) is 0 Å². The average Bonchev–Trinajstić information content (AvgIpc) is 3.23. The van der Waals surface area contributed by atoms with Gasteiger partial charge in [0.25, 0.3) is 5.91 Å². The van der Waals surface area contributed by atoms with Gasteiger partial charge in [0, 0.05) is 50.8 Å². The highest BCUT2D eigenvalue weighted by molar-refractivity contribution is 7.08. The maximum atomic E-state index is 12.4. The molecule has 0 radical (unpaired) electrons. The number of rotatable bonds is 3. The predicted octanol–water partition coefficient (Wildman–Crippen LogP) is 2.49. The monoisotopic (exact) mass is 357 g/mol. The van der Waals surface area contributed by atoms with E-state index in [4.69, 9.17) is 4.98 Å². The third-order valence-corrected chi connectivity index (χ3v) is 5.61. The molecular weight excluding hydrogens is 334 g/mol. The number of thiophene rings is 1. The van der Waals surface area contributed by atoms with Crippen LogP contribution in [0.5, 0.6) is 0 Å². The Morgan fingerprint density at radius 2 is 1.76 bits per heavy atom. The standard InChI is InChI=1S/C18H23N5OS/c24-17(15-5-13-25-14-15)22-11-9-21(10-12-22)16-4-6-19-18(20-16)23-7-2-1-3-8-23/h4-6,13-14H,1-3,7-12H2. The van der Waals surface area contributed by atoms with Crippen LogP contribution in [0.4, 0.5) is 11.8 Å². The van der Waals surface area contributed by atoms with Crippen molar-refractivity contribution in [3.05, 3.63) is 34.7 Å². The van der Waals surface area contributed by atoms with Crippen molar-refractivity contribution >= 4 is 29.0 Å². The molecule has 25 heavy (non-hydrogen) atoms. The number of carbonyl (C=O) groups excluding carboxylic acids is 1. The summed E-state index contributed by atoms with van der Waals surface area (Å²) in [6, 6.07) is 3.87. The van der Waals surface area contributed by atoms with Crippen LogP contribution in [0.1, 0.15) is 29.6 Å². The van der Waals surface area contributed by atoms with Crippen molar-refractivity contribution in [1.82, 2.24) is 14.9 Å². The minimum Gasteiger partial charge on any atom is -0.353 e. The van der Waals surface area contributed by atoms with Gasteiger partial charge in [-0.25, -0.2) is 4.98 Å². The highest BCUT2D eigenvalue weighted by Gasteiger charge is 2.23. The quantitative estimate of drug-likeness (QED) is 0.845. The van der Waals surface area contributed by atoms with Crippen molar-refractivity contribution in [3.63, 3.8) is 0 Å². The fraction of sp³-hybridized carbons (Fsp3) is 0.500. The summed E-state index contributed by atoms with van der Waals surface area (Å²) in [4.78, 5) is 28.2. The lowest BCUT2D eigenvalue weighted by Crippen LogP contribution is -2.49. The summed E-state index contributed by atoms with van der Waals surface area (Å²) < 4.78 is 0. The normalized spacial score (nSPS) is 18.5. The van der Waals surface area contributed by atoms with E-state index in [1.807, 2.05) is 34.0 Å². The zero-order valence-electron chi connectivity index (χ0n) is 14.3. The zero-order valence-corrected chi connectivity index (χ0v) is 15.1. The molecule has 0 bridgehead atoms. The highest BCUT2D eigenvalue weighted by Crippen LogP contribution is 2.20. The van der Waals surface area contributed by atoms with E-state index in [2.05, 4.69) is 14.8 Å². The Morgan fingerprint density at radius 1 is 0.960 bits per heavy atom. The van der Waals surface area contributed by atoms with E-state index in [0.29, 0.717) is 0 Å². The Bertz CT molecular complexity index is 706. The first-order chi connectivity index (χ1) is 12.3. The van der Waals surface area contributed by atoms with Crippen LogP contribution >= 0.6 is 11.3 Å². The molecule has 7 heteroatoms. The first-order valence-electron chi connectivity index (χ1n) is 8.96. The maximum Gasteiger partial charge on any atom is 0.254 e. The number of carbonyl (C=O) groups is 1. The minimum absolute atomic E-state index is 0.137. The second-order valence-corrected chi connectivity index (χ2v) is 7.33. The molecule has 0 saturated carbocycles. The molecule has 2 fully saturated rings. The molecule has 0 unspecified atom stereocenters. The van der Waals surface area contributed by atoms with E-state index < -0.39 is 0 Å². The molecule has 2 aliphatic heterocycles. The number of piperazine rings is 1. The smallest absolute Gasteiger partial charge is 0.254 e. The largest absolute Gasteiger partial charge is 0.353 e. The molecule has 2 aromatic heterocycles. The Hall–Kier alpha value is -2.15. The Labute approximate surface area is 152 Å². The number of nitrogens with zero attached hydrogens (tertiary/aromatic N) is 5. The Balaban J connectivity index is 1.40. The molecule has 2 saturated heterocycles. The number of anilines is 2. The van der Waals surface area contributed by atoms with E-state index in [0.717, 1.165) is 56.6 Å². The summed E-state index contributed by atoms with van der Waals surface area (Å²) in [7, 11) is 0. The number of piperidine rings is 1. The predicted molar refractivity (Wildman–Crippen MR) is 101 cm³/mol. The lowest BCUT2D eigenvalue weighted by atomic mass is 10.1. The van der Waals surface area contributed by atoms with Crippen molar-refractivity contribution < 1.29 is 4.79 Å². The van der Waals surface area contributed by atoms with Crippen LogP contribution in [0.25, 0.3) is 0 Å². The van der Waals surface area contributed by atoms with Crippen molar-refractivity contribution in [2.45, 2.75) is 19.3 Å². The minimum atomic E-state index is 0.137. The van der Waals surface area contributed by atoms with Gasteiger partial charge >= 0.3 is 0 Å². The topological polar surface area (TPSA) is 52.6 Å². The molecule has 132 valence electrons. The van der Waals surface area contributed by atoms with Crippen LogP contribution in [0.15, 0.2) is 29.1 Å². The van der Waals surface area contributed by atoms with Crippen molar-refractivity contribution in [2.75, 3.05) is 49.1 Å². The van der Waals surface area contributed by atoms with Crippen LogP contribution in [-0.2, 0) is 0 Å². The third kappa shape index (κ3) is 3.61. The molecule has 4 heterocycles. The lowest BCUT2D eigenvalue weighted by Gasteiger charge is -2.35. The third-order valence-electron chi connectivity index (χ3n) is 4.93. The Morgan fingerprint density at radius 3 is 2.48 bits per heavy atom. The van der Waals surface area contributed by atoms with Gasteiger partial charge in [0.2, 0.25) is 5.95 Å². The second kappa shape index (κ2) is 7.39. The van der Waals surface area contributed by atoms with E-state index >= 15 is 0 Å². The van der Waals surface area contributed by atoms with Gasteiger partial charge in [-0.15, -0.1) is 0 Å². The van der Waals surface area contributed by atoms with Gasteiger partial charge in [0.05, 0.1) is 5.56 Å². The molecule has 0 atom stereocenters. The maximum absolute atomic E-state index is 12.4.